The molecule has 2 heteroatoms. The van der Waals surface area contributed by atoms with Crippen molar-refractivity contribution in [1.29, 1.82) is 0 Å². The van der Waals surface area contributed by atoms with Crippen LogP contribution in [0.4, 0.5) is 0 Å². The number of aryl methyl sites for hydroxylation is 1. The number of nitrogens with zero attached hydrogens (tertiary/aromatic N) is 1. The van der Waals surface area contributed by atoms with Crippen molar-refractivity contribution in [3.63, 3.8) is 0 Å². The summed E-state index contributed by atoms with van der Waals surface area (Å²) in [5.74, 6) is 0. The normalized spacial score (nSPS) is 9.25. The summed E-state index contributed by atoms with van der Waals surface area (Å²) in [4.78, 5) is 0. The van der Waals surface area contributed by atoms with Gasteiger partial charge in [-0.3, -0.25) is 0 Å². The summed E-state index contributed by atoms with van der Waals surface area (Å²) < 4.78 is 3.32. The zero-order valence-electron chi connectivity index (χ0n) is 4.63. The summed E-state index contributed by atoms with van der Waals surface area (Å²) in [7, 11) is 2.03. The predicted molar refractivity (Wildman–Crippen MR) is 40.3 cm³/mol. The molecule has 0 aliphatic heterocycles. The fourth-order valence-corrected chi connectivity index (χ4v) is 0.871. The first-order chi connectivity index (χ1) is 3.80. The fraction of sp³-hybridized carbons (Fsp3) is 0.167. The molecular weight excluding hydrogens is 213 g/mol. The molecule has 0 unspecified atom stereocenters. The zero-order chi connectivity index (χ0) is 5.98. The van der Waals surface area contributed by atoms with Crippen molar-refractivity contribution in [3.05, 3.63) is 28.1 Å². The van der Waals surface area contributed by atoms with E-state index in [0.29, 0.717) is 0 Å². The molecule has 0 saturated carbocycles. The lowest BCUT2D eigenvalue weighted by Gasteiger charge is -1.85. The number of rotatable bonds is 0. The molecule has 42 valence electrons. The molecule has 0 fully saturated rings. The number of hydrogen-bond donors (Lipinski definition) is 0. The fourth-order valence-electron chi connectivity index (χ4n) is 0.503. The molecule has 1 nitrogen and oxygen atoms in total. The minimum atomic E-state index is 1.25. The summed E-state index contributed by atoms with van der Waals surface area (Å²) in [6.45, 7) is 0. The van der Waals surface area contributed by atoms with E-state index in [-0.39, 0.29) is 0 Å². The van der Waals surface area contributed by atoms with Crippen LogP contribution >= 0.6 is 22.6 Å². The maximum atomic E-state index is 2.29. The molecule has 0 N–H and O–H groups in total. The SMILES string of the molecule is C[n+]1ccccc1I. The molecule has 8 heavy (non-hydrogen) atoms. The van der Waals surface area contributed by atoms with Crippen LogP contribution in [0.3, 0.4) is 0 Å². The van der Waals surface area contributed by atoms with Crippen LogP contribution < -0.4 is 4.57 Å². The molecule has 1 aromatic heterocycles. The van der Waals surface area contributed by atoms with Gasteiger partial charge in [-0.1, -0.05) is 0 Å². The van der Waals surface area contributed by atoms with Crippen LogP contribution in [-0.2, 0) is 7.05 Å². The molecule has 0 spiro atoms. The molecule has 0 aliphatic rings. The highest BCUT2D eigenvalue weighted by atomic mass is 127. The lowest BCUT2D eigenvalue weighted by molar-refractivity contribution is -0.684. The van der Waals surface area contributed by atoms with Crippen LogP contribution in [0.15, 0.2) is 24.4 Å². The Kier molecular flexibility index (Phi) is 1.83. The van der Waals surface area contributed by atoms with E-state index < -0.39 is 0 Å². The molecule has 0 aromatic carbocycles. The number of pyridine rings is 1. The highest BCUT2D eigenvalue weighted by Gasteiger charge is 1.94. The summed E-state index contributed by atoms with van der Waals surface area (Å²) >= 11 is 2.29. The van der Waals surface area contributed by atoms with Gasteiger partial charge in [0.25, 0.3) is 0 Å². The van der Waals surface area contributed by atoms with E-state index >= 15 is 0 Å². The molecule has 1 rings (SSSR count). The minimum absolute atomic E-state index is 1.25. The zero-order valence-corrected chi connectivity index (χ0v) is 6.79. The summed E-state index contributed by atoms with van der Waals surface area (Å²) in [6, 6.07) is 6.12. The van der Waals surface area contributed by atoms with E-state index in [9.17, 15) is 0 Å². The Hall–Kier alpha value is -0.120. The van der Waals surface area contributed by atoms with Gasteiger partial charge < -0.3 is 0 Å². The van der Waals surface area contributed by atoms with E-state index in [0.717, 1.165) is 0 Å². The Morgan fingerprint density at radius 3 is 2.62 bits per heavy atom. The molecule has 0 radical (unpaired) electrons. The highest BCUT2D eigenvalue weighted by molar-refractivity contribution is 14.1. The first-order valence-electron chi connectivity index (χ1n) is 2.41. The average Bonchev–Trinajstić information content (AvgIpc) is 1.77. The Balaban J connectivity index is 3.13. The lowest BCUT2D eigenvalue weighted by atomic mass is 10.5. The summed E-state index contributed by atoms with van der Waals surface area (Å²) in [5.41, 5.74) is 0. The van der Waals surface area contributed by atoms with Crippen LogP contribution in [0, 0.1) is 3.70 Å². The molecule has 1 aromatic rings. The molecule has 0 amide bonds. The Bertz CT molecular complexity index is 165. The van der Waals surface area contributed by atoms with Crippen molar-refractivity contribution in [2.24, 2.45) is 7.05 Å². The monoisotopic (exact) mass is 220 g/mol. The van der Waals surface area contributed by atoms with Crippen molar-refractivity contribution in [3.8, 4) is 0 Å². The van der Waals surface area contributed by atoms with E-state index in [4.69, 9.17) is 0 Å². The molecule has 0 atom stereocenters. The number of hydrogen-bond acceptors (Lipinski definition) is 0. The van der Waals surface area contributed by atoms with Crippen LogP contribution in [-0.4, -0.2) is 0 Å². The highest BCUT2D eigenvalue weighted by Crippen LogP contribution is 1.92. The van der Waals surface area contributed by atoms with Gasteiger partial charge in [0.15, 0.2) is 6.20 Å². The smallest absolute Gasteiger partial charge is 0.197 e. The van der Waals surface area contributed by atoms with Gasteiger partial charge in [-0.25, -0.2) is 0 Å². The number of halogens is 1. The van der Waals surface area contributed by atoms with Gasteiger partial charge in [0.2, 0.25) is 3.70 Å². The second kappa shape index (κ2) is 2.44. The van der Waals surface area contributed by atoms with Gasteiger partial charge in [0.1, 0.15) is 7.05 Å². The van der Waals surface area contributed by atoms with E-state index in [1.165, 1.54) is 3.70 Å². The lowest BCUT2D eigenvalue weighted by Crippen LogP contribution is -2.30. The third-order valence-corrected chi connectivity index (χ3v) is 2.11. The summed E-state index contributed by atoms with van der Waals surface area (Å²) in [6.07, 6.45) is 2.03. The Labute approximate surface area is 62.5 Å². The van der Waals surface area contributed by atoms with E-state index in [1.807, 2.05) is 25.4 Å². The van der Waals surface area contributed by atoms with Crippen molar-refractivity contribution in [2.45, 2.75) is 0 Å². The van der Waals surface area contributed by atoms with Gasteiger partial charge in [-0.05, 0) is 6.07 Å². The van der Waals surface area contributed by atoms with Gasteiger partial charge in [-0.2, -0.15) is 4.57 Å². The second-order valence-corrected chi connectivity index (χ2v) is 2.74. The molecule has 0 aliphatic carbocycles. The maximum Gasteiger partial charge on any atom is 0.240 e. The van der Waals surface area contributed by atoms with Crippen LogP contribution in [0.25, 0.3) is 0 Å². The third-order valence-electron chi connectivity index (χ3n) is 0.991. The van der Waals surface area contributed by atoms with Gasteiger partial charge in [0.05, 0.1) is 0 Å². The van der Waals surface area contributed by atoms with Gasteiger partial charge in [0, 0.05) is 34.7 Å². The molecule has 1 heterocycles. The minimum Gasteiger partial charge on any atom is -0.197 e. The molecule has 0 bridgehead atoms. The molecule has 0 saturated heterocycles. The second-order valence-electron chi connectivity index (χ2n) is 1.63. The first-order valence-corrected chi connectivity index (χ1v) is 3.49. The third kappa shape index (κ3) is 1.18. The maximum absolute atomic E-state index is 2.29. The Morgan fingerprint density at radius 2 is 2.25 bits per heavy atom. The van der Waals surface area contributed by atoms with Crippen LogP contribution in [0.5, 0.6) is 0 Å². The van der Waals surface area contributed by atoms with Crippen LogP contribution in [0.2, 0.25) is 0 Å². The quantitative estimate of drug-likeness (QED) is 0.350. The standard InChI is InChI=1S/C6H7IN/c1-8-5-3-2-4-6(8)7/h2-5H,1H3/q+1. The van der Waals surface area contributed by atoms with Gasteiger partial charge in [-0.15, -0.1) is 0 Å². The largest absolute Gasteiger partial charge is 0.240 e. The average molecular weight is 220 g/mol. The molecular formula is C6H7IN+. The van der Waals surface area contributed by atoms with E-state index in [1.54, 1.807) is 0 Å². The van der Waals surface area contributed by atoms with Crippen molar-refractivity contribution in [1.82, 2.24) is 0 Å². The van der Waals surface area contributed by atoms with Crippen molar-refractivity contribution in [2.75, 3.05) is 0 Å². The topological polar surface area (TPSA) is 3.88 Å². The summed E-state index contributed by atoms with van der Waals surface area (Å²) in [5, 5.41) is 0. The predicted octanol–water partition coefficient (Wildman–Crippen LogP) is 1.12. The van der Waals surface area contributed by atoms with E-state index in [2.05, 4.69) is 33.2 Å². The van der Waals surface area contributed by atoms with Crippen molar-refractivity contribution < 1.29 is 4.57 Å². The van der Waals surface area contributed by atoms with Gasteiger partial charge >= 0.3 is 0 Å². The number of aromatic nitrogens is 1. The Morgan fingerprint density at radius 1 is 1.50 bits per heavy atom. The first kappa shape index (κ1) is 6.01. The van der Waals surface area contributed by atoms with Crippen molar-refractivity contribution >= 4 is 22.6 Å². The van der Waals surface area contributed by atoms with Crippen LogP contribution in [0.1, 0.15) is 0 Å².